The molecule has 0 spiro atoms. The average molecular weight is 558 g/mol. The number of hydrogen-bond donors (Lipinski definition) is 3. The van der Waals surface area contributed by atoms with Gasteiger partial charge in [0, 0.05) is 29.9 Å². The van der Waals surface area contributed by atoms with Crippen LogP contribution < -0.4 is 10.6 Å². The Hall–Kier alpha value is -3.81. The minimum atomic E-state index is -1.39. The molecule has 0 saturated heterocycles. The maximum absolute atomic E-state index is 14.0. The molecule has 2 atom stereocenters. The number of carbonyl (C=O) groups excluding carboxylic acids is 3. The van der Waals surface area contributed by atoms with Gasteiger partial charge < -0.3 is 25.1 Å². The summed E-state index contributed by atoms with van der Waals surface area (Å²) in [5, 5.41) is 6.80. The van der Waals surface area contributed by atoms with Crippen LogP contribution in [0.2, 0.25) is 0 Å². The predicted octanol–water partition coefficient (Wildman–Crippen LogP) is 4.92. The van der Waals surface area contributed by atoms with Gasteiger partial charge in [-0.2, -0.15) is 0 Å². The smallest absolute Gasteiger partial charge is 0.408 e. The molecule has 2 amide bonds. The lowest BCUT2D eigenvalue weighted by Crippen LogP contribution is -2.62. The third-order valence-electron chi connectivity index (χ3n) is 9.56. The van der Waals surface area contributed by atoms with Crippen molar-refractivity contribution in [1.29, 1.82) is 0 Å². The van der Waals surface area contributed by atoms with Gasteiger partial charge in [0.25, 0.3) is 0 Å². The topological polar surface area (TPSA) is 110 Å². The zero-order chi connectivity index (χ0) is 28.6. The van der Waals surface area contributed by atoms with Gasteiger partial charge in [0.1, 0.15) is 17.7 Å². The largest absolute Gasteiger partial charge is 0.467 e. The fraction of sp³-hybridized carbons (Fsp3) is 0.485. The normalized spacial score (nSPS) is 26.6. The fourth-order valence-corrected chi connectivity index (χ4v) is 7.79. The van der Waals surface area contributed by atoms with Crippen LogP contribution in [0.1, 0.15) is 50.2 Å². The van der Waals surface area contributed by atoms with E-state index in [0.29, 0.717) is 11.8 Å². The molecule has 4 aliphatic carbocycles. The lowest BCUT2D eigenvalue weighted by Gasteiger charge is -2.53. The van der Waals surface area contributed by atoms with Crippen LogP contribution in [0.4, 0.5) is 4.79 Å². The summed E-state index contributed by atoms with van der Waals surface area (Å²) in [5.74, 6) is 1.31. The molecule has 8 heteroatoms. The van der Waals surface area contributed by atoms with Crippen molar-refractivity contribution in [3.8, 4) is 0 Å². The summed E-state index contributed by atoms with van der Waals surface area (Å²) in [4.78, 5) is 43.5. The second-order valence-corrected chi connectivity index (χ2v) is 12.5. The summed E-state index contributed by atoms with van der Waals surface area (Å²) >= 11 is 0. The molecule has 41 heavy (non-hydrogen) atoms. The van der Waals surface area contributed by atoms with E-state index >= 15 is 0 Å². The molecule has 2 aromatic carbocycles. The zero-order valence-corrected chi connectivity index (χ0v) is 23.7. The van der Waals surface area contributed by atoms with Crippen LogP contribution in [0.25, 0.3) is 10.9 Å². The van der Waals surface area contributed by atoms with E-state index < -0.39 is 29.6 Å². The highest BCUT2D eigenvalue weighted by Crippen LogP contribution is 2.54. The molecule has 0 unspecified atom stereocenters. The van der Waals surface area contributed by atoms with Gasteiger partial charge in [-0.25, -0.2) is 9.59 Å². The number of hydrogen-bond acceptors (Lipinski definition) is 5. The van der Waals surface area contributed by atoms with Gasteiger partial charge in [0.2, 0.25) is 5.91 Å². The Morgan fingerprint density at radius 3 is 2.29 bits per heavy atom. The van der Waals surface area contributed by atoms with Crippen LogP contribution in [-0.4, -0.2) is 47.7 Å². The van der Waals surface area contributed by atoms with Crippen molar-refractivity contribution < 1.29 is 23.9 Å². The van der Waals surface area contributed by atoms with Gasteiger partial charge in [-0.1, -0.05) is 48.5 Å². The molecular weight excluding hydrogens is 518 g/mol. The van der Waals surface area contributed by atoms with Crippen molar-refractivity contribution in [2.24, 2.45) is 23.7 Å². The Morgan fingerprint density at radius 1 is 0.951 bits per heavy atom. The number of para-hydroxylation sites is 1. The van der Waals surface area contributed by atoms with Crippen molar-refractivity contribution in [2.45, 2.75) is 69.6 Å². The lowest BCUT2D eigenvalue weighted by molar-refractivity contribution is -0.145. The summed E-state index contributed by atoms with van der Waals surface area (Å²) in [6.07, 6.45) is 7.45. The highest BCUT2D eigenvalue weighted by molar-refractivity contribution is 5.94. The van der Waals surface area contributed by atoms with E-state index in [1.165, 1.54) is 13.5 Å². The summed E-state index contributed by atoms with van der Waals surface area (Å²) in [6.45, 7) is 1.69. The van der Waals surface area contributed by atoms with Gasteiger partial charge in [0.05, 0.1) is 7.11 Å². The van der Waals surface area contributed by atoms with E-state index in [1.807, 2.05) is 60.8 Å². The molecule has 4 aliphatic rings. The van der Waals surface area contributed by atoms with Crippen molar-refractivity contribution in [3.05, 3.63) is 71.9 Å². The number of methoxy groups -OCH3 is 1. The lowest BCUT2D eigenvalue weighted by atomic mass is 9.55. The van der Waals surface area contributed by atoms with Gasteiger partial charge in [-0.05, 0) is 79.9 Å². The minimum Gasteiger partial charge on any atom is -0.467 e. The second-order valence-electron chi connectivity index (χ2n) is 12.5. The van der Waals surface area contributed by atoms with Gasteiger partial charge in [0.15, 0.2) is 0 Å². The number of amides is 2. The number of benzene rings is 2. The molecule has 1 heterocycles. The fourth-order valence-electron chi connectivity index (χ4n) is 7.79. The van der Waals surface area contributed by atoms with Crippen molar-refractivity contribution >= 4 is 28.9 Å². The Balaban J connectivity index is 1.23. The highest BCUT2D eigenvalue weighted by Gasteiger charge is 2.50. The zero-order valence-electron chi connectivity index (χ0n) is 23.7. The molecule has 3 aromatic rings. The molecule has 4 fully saturated rings. The SMILES string of the molecule is COC(=O)[C@@H](Cc1ccccc1)NC(=O)[C@@](C)(Cc1c[nH]c2ccccc12)NC(=O)OC1C2CC3CC(C2)CC1C3. The Kier molecular flexibility index (Phi) is 7.49. The average Bonchev–Trinajstić information content (AvgIpc) is 3.36. The maximum Gasteiger partial charge on any atom is 0.408 e. The number of nitrogens with one attached hydrogen (secondary N) is 3. The Bertz CT molecular complexity index is 1390. The molecule has 0 radical (unpaired) electrons. The number of H-pyrrole nitrogens is 1. The van der Waals surface area contributed by atoms with Crippen molar-refractivity contribution in [3.63, 3.8) is 0 Å². The van der Waals surface area contributed by atoms with E-state index in [2.05, 4.69) is 15.6 Å². The third kappa shape index (κ3) is 5.69. The molecule has 1 aromatic heterocycles. The number of alkyl carbamates (subject to hydrolysis) is 1. The van der Waals surface area contributed by atoms with E-state index in [-0.39, 0.29) is 18.9 Å². The van der Waals surface area contributed by atoms with Crippen LogP contribution in [0, 0.1) is 23.7 Å². The van der Waals surface area contributed by atoms with E-state index in [9.17, 15) is 14.4 Å². The summed E-state index contributed by atoms with van der Waals surface area (Å²) in [6, 6.07) is 16.4. The number of aromatic amines is 1. The van der Waals surface area contributed by atoms with Crippen molar-refractivity contribution in [2.75, 3.05) is 7.11 Å². The molecule has 216 valence electrons. The number of esters is 1. The maximum atomic E-state index is 14.0. The van der Waals surface area contributed by atoms with Crippen molar-refractivity contribution in [1.82, 2.24) is 15.6 Å². The first kappa shape index (κ1) is 27.4. The predicted molar refractivity (Wildman–Crippen MR) is 155 cm³/mol. The van der Waals surface area contributed by atoms with Crippen LogP contribution in [-0.2, 0) is 31.9 Å². The number of aromatic nitrogens is 1. The molecule has 4 bridgehead atoms. The molecule has 0 aliphatic heterocycles. The monoisotopic (exact) mass is 557 g/mol. The van der Waals surface area contributed by atoms with Crippen LogP contribution in [0.5, 0.6) is 0 Å². The van der Waals surface area contributed by atoms with Crippen LogP contribution in [0.3, 0.4) is 0 Å². The second kappa shape index (κ2) is 11.2. The number of fused-ring (bicyclic) bond motifs is 1. The first-order chi connectivity index (χ1) is 19.8. The van der Waals surface area contributed by atoms with E-state index in [1.54, 1.807) is 6.92 Å². The van der Waals surface area contributed by atoms with Crippen LogP contribution >= 0.6 is 0 Å². The summed E-state index contributed by atoms with van der Waals surface area (Å²) < 4.78 is 11.1. The molecule has 3 N–H and O–H groups in total. The third-order valence-corrected chi connectivity index (χ3v) is 9.56. The Morgan fingerprint density at radius 2 is 1.61 bits per heavy atom. The molecule has 4 saturated carbocycles. The number of carbonyl (C=O) groups is 3. The highest BCUT2D eigenvalue weighted by atomic mass is 16.6. The van der Waals surface area contributed by atoms with Gasteiger partial charge in [-0.3, -0.25) is 4.79 Å². The van der Waals surface area contributed by atoms with E-state index in [0.717, 1.165) is 59.5 Å². The Labute approximate surface area is 240 Å². The minimum absolute atomic E-state index is 0.107. The number of ether oxygens (including phenoxy) is 2. The van der Waals surface area contributed by atoms with Gasteiger partial charge >= 0.3 is 12.1 Å². The molecular formula is C33H39N3O5. The standard InChI is InChI=1S/C33H39N3O5/c1-33(18-25-19-34-27-11-7-6-10-26(25)27,31(38)35-28(30(37)40-2)17-20-8-4-3-5-9-20)36-32(39)41-29-23-13-21-12-22(15-23)16-24(29)14-21/h3-11,19,21-24,28-29,34H,12-18H2,1-2H3,(H,35,38)(H,36,39)/t21?,22?,23?,24?,28-,29?,33-/m1/s1. The quantitative estimate of drug-likeness (QED) is 0.324. The number of rotatable bonds is 9. The summed E-state index contributed by atoms with van der Waals surface area (Å²) in [7, 11) is 1.30. The molecule has 7 rings (SSSR count). The van der Waals surface area contributed by atoms with Crippen LogP contribution in [0.15, 0.2) is 60.8 Å². The van der Waals surface area contributed by atoms with E-state index in [4.69, 9.17) is 9.47 Å². The summed E-state index contributed by atoms with van der Waals surface area (Å²) in [5.41, 5.74) is 1.32. The first-order valence-electron chi connectivity index (χ1n) is 14.8. The first-order valence-corrected chi connectivity index (χ1v) is 14.8. The van der Waals surface area contributed by atoms with Gasteiger partial charge in [-0.15, -0.1) is 0 Å². The molecule has 8 nitrogen and oxygen atoms in total.